The van der Waals surface area contributed by atoms with Gasteiger partial charge in [0.05, 0.1) is 39.6 Å². The summed E-state index contributed by atoms with van der Waals surface area (Å²) in [6, 6.07) is 10.8. The van der Waals surface area contributed by atoms with Crippen LogP contribution in [0.1, 0.15) is 12.5 Å². The minimum Gasteiger partial charge on any atom is -0.466 e. The molecule has 36 heavy (non-hydrogen) atoms. The Morgan fingerprint density at radius 2 is 1.72 bits per heavy atom. The fourth-order valence-electron chi connectivity index (χ4n) is 2.83. The number of hydrogen-bond donors (Lipinski definition) is 1. The molecule has 1 aliphatic rings. The van der Waals surface area contributed by atoms with Crippen LogP contribution in [0.15, 0.2) is 36.4 Å². The maximum absolute atomic E-state index is 10.7. The molecule has 1 fully saturated rings. The Morgan fingerprint density at radius 3 is 2.25 bits per heavy atom. The summed E-state index contributed by atoms with van der Waals surface area (Å²) < 4.78 is 43.7. The van der Waals surface area contributed by atoms with Crippen LogP contribution in [0, 0.1) is 0 Å². The van der Waals surface area contributed by atoms with Crippen LogP contribution in [-0.2, 0) is 41.1 Å². The number of carbonyl (C=O) groups is 1. The average molecular weight is 547 g/mol. The standard InChI is InChI=1S/C14H32O8Si2.C10H10O2/c1-13(15)10-19-6-8-23(5,16-2)22-24(17-3,18-4)9-7-20-11-14-12-21-14;1-12-10(11)8-7-9-5-3-2-4-6-9/h13-15H,6-12H2,1-5H3;2-8H,1H3/b;8-7+. The first kappa shape index (κ1) is 32.6. The van der Waals surface area contributed by atoms with Crippen LogP contribution in [0.25, 0.3) is 6.08 Å². The van der Waals surface area contributed by atoms with Crippen molar-refractivity contribution in [2.24, 2.45) is 0 Å². The minimum atomic E-state index is -2.87. The van der Waals surface area contributed by atoms with Gasteiger partial charge in [0.25, 0.3) is 0 Å². The van der Waals surface area contributed by atoms with E-state index < -0.39 is 23.5 Å². The molecule has 1 N–H and O–H groups in total. The van der Waals surface area contributed by atoms with Gasteiger partial charge in [-0.2, -0.15) is 0 Å². The summed E-state index contributed by atoms with van der Waals surface area (Å²) in [5, 5.41) is 9.23. The zero-order valence-corrected chi connectivity index (χ0v) is 24.3. The van der Waals surface area contributed by atoms with E-state index in [1.54, 1.807) is 34.3 Å². The number of hydrogen-bond acceptors (Lipinski definition) is 10. The lowest BCUT2D eigenvalue weighted by atomic mass is 10.2. The first-order valence-corrected chi connectivity index (χ1v) is 16.3. The number of aliphatic hydroxyl groups excluding tert-OH is 1. The molecule has 12 heteroatoms. The Hall–Kier alpha value is -1.46. The zero-order valence-electron chi connectivity index (χ0n) is 22.3. The molecular weight excluding hydrogens is 504 g/mol. The van der Waals surface area contributed by atoms with Crippen LogP contribution in [0.3, 0.4) is 0 Å². The minimum absolute atomic E-state index is 0.233. The van der Waals surface area contributed by atoms with Gasteiger partial charge in [0.2, 0.25) is 0 Å². The van der Waals surface area contributed by atoms with Crippen LogP contribution in [0.5, 0.6) is 0 Å². The molecule has 0 aliphatic carbocycles. The molecule has 0 bridgehead atoms. The van der Waals surface area contributed by atoms with Gasteiger partial charge in [0.15, 0.2) is 0 Å². The highest BCUT2D eigenvalue weighted by atomic mass is 28.5. The molecule has 1 saturated heterocycles. The van der Waals surface area contributed by atoms with Crippen molar-refractivity contribution in [2.45, 2.75) is 37.8 Å². The number of benzene rings is 1. The number of methoxy groups -OCH3 is 1. The maximum atomic E-state index is 10.7. The van der Waals surface area contributed by atoms with Gasteiger partial charge in [-0.1, -0.05) is 30.3 Å². The van der Waals surface area contributed by atoms with E-state index in [-0.39, 0.29) is 12.1 Å². The summed E-state index contributed by atoms with van der Waals surface area (Å²) in [5.74, 6) is -0.334. The predicted octanol–water partition coefficient (Wildman–Crippen LogP) is 2.64. The number of ether oxygens (including phenoxy) is 4. The van der Waals surface area contributed by atoms with Crippen LogP contribution in [0.2, 0.25) is 18.6 Å². The molecule has 3 unspecified atom stereocenters. The quantitative estimate of drug-likeness (QED) is 0.103. The van der Waals surface area contributed by atoms with Gasteiger partial charge < -0.3 is 41.4 Å². The Balaban J connectivity index is 0.000000450. The normalized spacial score (nSPS) is 17.7. The van der Waals surface area contributed by atoms with Crippen molar-refractivity contribution < 1.29 is 46.2 Å². The summed E-state index contributed by atoms with van der Waals surface area (Å²) in [5.41, 5.74) is 0.989. The number of carbonyl (C=O) groups excluding carboxylic acids is 1. The van der Waals surface area contributed by atoms with E-state index in [4.69, 9.17) is 31.6 Å². The molecule has 1 aliphatic heterocycles. The SMILES string of the molecule is COC(=O)/C=C/c1ccccc1.CO[Si](C)(CCOCC(C)O)O[Si](CCOCC1CO1)(OC)OC. The molecule has 1 aromatic rings. The van der Waals surface area contributed by atoms with Gasteiger partial charge in [0.1, 0.15) is 6.10 Å². The predicted molar refractivity (Wildman–Crippen MR) is 140 cm³/mol. The van der Waals surface area contributed by atoms with E-state index in [0.717, 1.165) is 12.2 Å². The average Bonchev–Trinajstić information content (AvgIpc) is 3.72. The summed E-state index contributed by atoms with van der Waals surface area (Å²) in [6.45, 7) is 6.23. The molecule has 3 atom stereocenters. The number of rotatable bonds is 17. The smallest absolute Gasteiger partial charge is 0.466 e. The highest BCUT2D eigenvalue weighted by molar-refractivity contribution is 6.77. The first-order valence-electron chi connectivity index (χ1n) is 11.8. The number of epoxide rings is 1. The second-order valence-electron chi connectivity index (χ2n) is 8.25. The van der Waals surface area contributed by atoms with E-state index in [1.807, 2.05) is 36.9 Å². The topological polar surface area (TPSA) is 114 Å². The Labute approximate surface area is 217 Å². The zero-order chi connectivity index (χ0) is 26.9. The third-order valence-corrected chi connectivity index (χ3v) is 12.2. The van der Waals surface area contributed by atoms with Crippen LogP contribution in [0.4, 0.5) is 0 Å². The van der Waals surface area contributed by atoms with Gasteiger partial charge in [-0.15, -0.1) is 0 Å². The monoisotopic (exact) mass is 546 g/mol. The lowest BCUT2D eigenvalue weighted by molar-refractivity contribution is -0.134. The summed E-state index contributed by atoms with van der Waals surface area (Å²) in [4.78, 5) is 10.7. The van der Waals surface area contributed by atoms with Crippen molar-refractivity contribution in [3.8, 4) is 0 Å². The Bertz CT molecular complexity index is 742. The van der Waals surface area contributed by atoms with Crippen molar-refractivity contribution in [1.29, 1.82) is 0 Å². The third kappa shape index (κ3) is 14.3. The Kier molecular flexibility index (Phi) is 16.2. The molecule has 2 rings (SSSR count). The third-order valence-electron chi connectivity index (χ3n) is 5.16. The summed E-state index contributed by atoms with van der Waals surface area (Å²) in [7, 11) is 0.788. The molecule has 0 aromatic heterocycles. The molecule has 0 saturated carbocycles. The van der Waals surface area contributed by atoms with E-state index >= 15 is 0 Å². The number of esters is 1. The fourth-order valence-corrected chi connectivity index (χ4v) is 8.97. The largest absolute Gasteiger partial charge is 0.493 e. The van der Waals surface area contributed by atoms with E-state index in [2.05, 4.69) is 4.74 Å². The van der Waals surface area contributed by atoms with Crippen LogP contribution >= 0.6 is 0 Å². The van der Waals surface area contributed by atoms with E-state index in [0.29, 0.717) is 38.5 Å². The highest BCUT2D eigenvalue weighted by Crippen LogP contribution is 2.24. The molecule has 206 valence electrons. The number of aliphatic hydroxyl groups is 1. The van der Waals surface area contributed by atoms with Gasteiger partial charge in [-0.3, -0.25) is 0 Å². The molecule has 1 heterocycles. The summed E-state index contributed by atoms with van der Waals surface area (Å²) >= 11 is 0. The highest BCUT2D eigenvalue weighted by Gasteiger charge is 2.47. The second kappa shape index (κ2) is 17.9. The van der Waals surface area contributed by atoms with E-state index in [1.165, 1.54) is 13.2 Å². The van der Waals surface area contributed by atoms with Gasteiger partial charge in [-0.05, 0) is 25.1 Å². The van der Waals surface area contributed by atoms with E-state index in [9.17, 15) is 9.90 Å². The molecular formula is C24H42O10Si2. The van der Waals surface area contributed by atoms with Gasteiger partial charge >= 0.3 is 23.3 Å². The molecule has 0 amide bonds. The fraction of sp³-hybridized carbons (Fsp3) is 0.625. The Morgan fingerprint density at radius 1 is 1.08 bits per heavy atom. The summed E-state index contributed by atoms with van der Waals surface area (Å²) in [6.07, 6.45) is 2.86. The lowest BCUT2D eigenvalue weighted by Gasteiger charge is -2.35. The molecule has 1 aromatic carbocycles. The first-order chi connectivity index (χ1) is 17.2. The van der Waals surface area contributed by atoms with Crippen molar-refractivity contribution in [1.82, 2.24) is 0 Å². The molecule has 0 radical (unpaired) electrons. The maximum Gasteiger partial charge on any atom is 0.493 e. The second-order valence-corrected chi connectivity index (χ2v) is 14.9. The lowest BCUT2D eigenvalue weighted by Crippen LogP contribution is -2.55. The van der Waals surface area contributed by atoms with Crippen molar-refractivity contribution in [2.75, 3.05) is 61.5 Å². The van der Waals surface area contributed by atoms with Crippen molar-refractivity contribution in [3.63, 3.8) is 0 Å². The van der Waals surface area contributed by atoms with Crippen LogP contribution < -0.4 is 0 Å². The van der Waals surface area contributed by atoms with Crippen LogP contribution in [-0.4, -0.2) is 102 Å². The molecule has 10 nitrogen and oxygen atoms in total. The van der Waals surface area contributed by atoms with Crippen molar-refractivity contribution >= 4 is 29.4 Å². The van der Waals surface area contributed by atoms with Gasteiger partial charge in [0, 0.05) is 46.1 Å². The van der Waals surface area contributed by atoms with Crippen molar-refractivity contribution in [3.05, 3.63) is 42.0 Å². The van der Waals surface area contributed by atoms with Gasteiger partial charge in [-0.25, -0.2) is 4.79 Å². The molecule has 0 spiro atoms.